The fourth-order valence-corrected chi connectivity index (χ4v) is 3.82. The largest absolute Gasteiger partial charge is 0.453 e. The zero-order valence-corrected chi connectivity index (χ0v) is 15.7. The quantitative estimate of drug-likeness (QED) is 0.601. The van der Waals surface area contributed by atoms with Crippen molar-refractivity contribution in [3.63, 3.8) is 0 Å². The summed E-state index contributed by atoms with van der Waals surface area (Å²) < 4.78 is 5.80. The summed E-state index contributed by atoms with van der Waals surface area (Å²) in [6.07, 6.45) is 3.55. The van der Waals surface area contributed by atoms with Crippen LogP contribution in [-0.4, -0.2) is 5.97 Å². The second kappa shape index (κ2) is 7.79. The molecule has 0 saturated heterocycles. The lowest BCUT2D eigenvalue weighted by Gasteiger charge is -2.22. The van der Waals surface area contributed by atoms with E-state index in [1.54, 1.807) is 0 Å². The minimum atomic E-state index is -0.359. The van der Waals surface area contributed by atoms with E-state index in [1.165, 1.54) is 29.2 Å². The van der Waals surface area contributed by atoms with Crippen LogP contribution in [0, 0.1) is 0 Å². The highest BCUT2D eigenvalue weighted by molar-refractivity contribution is 5.67. The van der Waals surface area contributed by atoms with E-state index in [-0.39, 0.29) is 12.1 Å². The molecule has 2 heteroatoms. The molecule has 136 valence electrons. The normalized spacial score (nSPS) is 14.3. The van der Waals surface area contributed by atoms with Crippen molar-refractivity contribution in [1.29, 1.82) is 0 Å². The lowest BCUT2D eigenvalue weighted by Crippen LogP contribution is -2.13. The van der Waals surface area contributed by atoms with Gasteiger partial charge in [-0.3, -0.25) is 4.79 Å². The van der Waals surface area contributed by atoms with Gasteiger partial charge in [0, 0.05) is 12.5 Å². The zero-order valence-electron chi connectivity index (χ0n) is 15.7. The first-order valence-corrected chi connectivity index (χ1v) is 9.61. The van der Waals surface area contributed by atoms with Crippen LogP contribution < -0.4 is 0 Å². The highest BCUT2D eigenvalue weighted by Crippen LogP contribution is 2.31. The van der Waals surface area contributed by atoms with E-state index in [9.17, 15) is 4.79 Å². The number of benzene rings is 3. The van der Waals surface area contributed by atoms with Gasteiger partial charge in [-0.1, -0.05) is 72.8 Å². The van der Waals surface area contributed by atoms with Crippen LogP contribution >= 0.6 is 0 Å². The Morgan fingerprint density at radius 1 is 0.778 bits per heavy atom. The Morgan fingerprint density at radius 3 is 2.04 bits per heavy atom. The number of aryl methyl sites for hydroxylation is 4. The highest BCUT2D eigenvalue weighted by Gasteiger charge is 2.21. The average Bonchev–Trinajstić information content (AvgIpc) is 2.69. The molecule has 27 heavy (non-hydrogen) atoms. The van der Waals surface area contributed by atoms with Crippen molar-refractivity contribution in [2.75, 3.05) is 0 Å². The topological polar surface area (TPSA) is 26.3 Å². The molecule has 0 saturated carbocycles. The minimum absolute atomic E-state index is 0.254. The molecule has 0 N–H and O–H groups in total. The zero-order chi connectivity index (χ0) is 18.6. The van der Waals surface area contributed by atoms with Crippen molar-refractivity contribution in [1.82, 2.24) is 0 Å². The van der Waals surface area contributed by atoms with Crippen molar-refractivity contribution >= 4 is 5.97 Å². The predicted octanol–water partition coefficient (Wildman–Crippen LogP) is 5.22. The standard InChI is InChI=1S/C25H24O2/c1-18(26)27-25(23-5-3-2-4-6-23)24-17-21-12-11-19-7-9-20(10-8-19)13-15-22(24)16-14-21/h2-10,14,16-17,25H,11-13,15H2,1H3/t25-/m0/s1. The molecular formula is C25H24O2. The third-order valence-electron chi connectivity index (χ3n) is 5.29. The number of hydrogen-bond donors (Lipinski definition) is 0. The summed E-state index contributed by atoms with van der Waals surface area (Å²) in [5, 5.41) is 0. The number of carbonyl (C=O) groups is 1. The van der Waals surface area contributed by atoms with Gasteiger partial charge in [-0.15, -0.1) is 0 Å². The van der Waals surface area contributed by atoms with E-state index < -0.39 is 0 Å². The van der Waals surface area contributed by atoms with Gasteiger partial charge < -0.3 is 4.74 Å². The SMILES string of the molecule is CC(=O)O[C@@H](c1ccccc1)c1cc2ccc1CCc1ccc(cc1)CC2. The van der Waals surface area contributed by atoms with Crippen molar-refractivity contribution in [3.05, 3.63) is 106 Å². The van der Waals surface area contributed by atoms with Crippen molar-refractivity contribution in [3.8, 4) is 0 Å². The molecule has 0 amide bonds. The van der Waals surface area contributed by atoms with Gasteiger partial charge in [-0.2, -0.15) is 0 Å². The maximum atomic E-state index is 11.8. The van der Waals surface area contributed by atoms with Gasteiger partial charge in [0.1, 0.15) is 0 Å². The van der Waals surface area contributed by atoms with Gasteiger partial charge in [-0.25, -0.2) is 0 Å². The second-order valence-electron chi connectivity index (χ2n) is 7.25. The van der Waals surface area contributed by atoms with Gasteiger partial charge >= 0.3 is 5.97 Å². The molecular weight excluding hydrogens is 332 g/mol. The van der Waals surface area contributed by atoms with E-state index in [4.69, 9.17) is 4.74 Å². The van der Waals surface area contributed by atoms with E-state index >= 15 is 0 Å². The molecule has 0 heterocycles. The first-order chi connectivity index (χ1) is 13.2. The van der Waals surface area contributed by atoms with Gasteiger partial charge in [-0.05, 0) is 53.5 Å². The number of esters is 1. The van der Waals surface area contributed by atoms with Crippen LogP contribution in [0.5, 0.6) is 0 Å². The van der Waals surface area contributed by atoms with Crippen LogP contribution in [0.3, 0.4) is 0 Å². The number of rotatable bonds is 3. The fraction of sp³-hybridized carbons (Fsp3) is 0.240. The summed E-state index contributed by atoms with van der Waals surface area (Å²) in [4.78, 5) is 11.8. The number of hydrogen-bond acceptors (Lipinski definition) is 2. The molecule has 1 atom stereocenters. The minimum Gasteiger partial charge on any atom is -0.453 e. The molecule has 2 nitrogen and oxygen atoms in total. The summed E-state index contributed by atoms with van der Waals surface area (Å²) in [5.74, 6) is -0.254. The molecule has 4 bridgehead atoms. The predicted molar refractivity (Wildman–Crippen MR) is 108 cm³/mol. The smallest absolute Gasteiger partial charge is 0.303 e. The Balaban J connectivity index is 1.77. The van der Waals surface area contributed by atoms with E-state index in [1.807, 2.05) is 30.3 Å². The van der Waals surface area contributed by atoms with Gasteiger partial charge in [0.05, 0.1) is 0 Å². The molecule has 3 aromatic carbocycles. The molecule has 4 aliphatic carbocycles. The molecule has 0 unspecified atom stereocenters. The van der Waals surface area contributed by atoms with Crippen molar-refractivity contribution in [2.45, 2.75) is 38.7 Å². The third-order valence-corrected chi connectivity index (χ3v) is 5.29. The Bertz CT molecular complexity index is 926. The third kappa shape index (κ3) is 4.11. The van der Waals surface area contributed by atoms with Crippen molar-refractivity contribution < 1.29 is 9.53 Å². The molecule has 3 aromatic rings. The molecule has 0 fully saturated rings. The summed E-state index contributed by atoms with van der Waals surface area (Å²) in [6.45, 7) is 1.48. The Hall–Kier alpha value is -2.87. The Morgan fingerprint density at radius 2 is 1.37 bits per heavy atom. The van der Waals surface area contributed by atoms with Crippen LogP contribution in [0.1, 0.15) is 46.4 Å². The van der Waals surface area contributed by atoms with Crippen LogP contribution in [0.4, 0.5) is 0 Å². The molecule has 0 spiro atoms. The van der Waals surface area contributed by atoms with Crippen LogP contribution in [0.15, 0.2) is 72.8 Å². The monoisotopic (exact) mass is 356 g/mol. The lowest BCUT2D eigenvalue weighted by atomic mass is 9.89. The van der Waals surface area contributed by atoms with Crippen molar-refractivity contribution in [2.24, 2.45) is 0 Å². The number of ether oxygens (including phenoxy) is 1. The van der Waals surface area contributed by atoms with Gasteiger partial charge in [0.15, 0.2) is 6.10 Å². The molecule has 0 aromatic heterocycles. The highest BCUT2D eigenvalue weighted by atomic mass is 16.5. The first-order valence-electron chi connectivity index (χ1n) is 9.61. The lowest BCUT2D eigenvalue weighted by molar-refractivity contribution is -0.144. The molecule has 0 radical (unpaired) electrons. The van der Waals surface area contributed by atoms with Gasteiger partial charge in [0.25, 0.3) is 0 Å². The maximum Gasteiger partial charge on any atom is 0.303 e. The van der Waals surface area contributed by atoms with E-state index in [0.717, 1.165) is 36.8 Å². The van der Waals surface area contributed by atoms with E-state index in [2.05, 4.69) is 42.5 Å². The van der Waals surface area contributed by atoms with E-state index in [0.29, 0.717) is 0 Å². The van der Waals surface area contributed by atoms with Gasteiger partial charge in [0.2, 0.25) is 0 Å². The summed E-state index contributed by atoms with van der Waals surface area (Å²) in [5.41, 5.74) is 7.37. The Labute approximate surface area is 160 Å². The summed E-state index contributed by atoms with van der Waals surface area (Å²) >= 11 is 0. The molecule has 7 rings (SSSR count). The average molecular weight is 356 g/mol. The Kier molecular flexibility index (Phi) is 5.06. The van der Waals surface area contributed by atoms with Crippen LogP contribution in [0.2, 0.25) is 0 Å². The summed E-state index contributed by atoms with van der Waals surface area (Å²) in [6, 6.07) is 25.7. The first kappa shape index (κ1) is 17.5. The second-order valence-corrected chi connectivity index (χ2v) is 7.25. The van der Waals surface area contributed by atoms with Crippen LogP contribution in [0.25, 0.3) is 0 Å². The summed E-state index contributed by atoms with van der Waals surface area (Å²) in [7, 11) is 0. The maximum absolute atomic E-state index is 11.8. The van der Waals surface area contributed by atoms with Crippen LogP contribution in [-0.2, 0) is 35.2 Å². The molecule has 4 aliphatic rings. The fourth-order valence-electron chi connectivity index (χ4n) is 3.82. The number of carbonyl (C=O) groups excluding carboxylic acids is 1. The molecule has 0 aliphatic heterocycles.